The van der Waals surface area contributed by atoms with Crippen LogP contribution >= 0.6 is 0 Å². The third kappa shape index (κ3) is 4.33. The molecule has 2 rings (SSSR count). The molecular formula is C17H19NO3. The quantitative estimate of drug-likeness (QED) is 0.855. The molecule has 0 spiro atoms. The van der Waals surface area contributed by atoms with Crippen molar-refractivity contribution >= 4 is 5.91 Å². The minimum atomic E-state index is -1.29. The van der Waals surface area contributed by atoms with Crippen LogP contribution in [0, 0.1) is 0 Å². The van der Waals surface area contributed by atoms with Crippen LogP contribution in [0.25, 0.3) is 0 Å². The van der Waals surface area contributed by atoms with E-state index in [1.807, 2.05) is 36.4 Å². The summed E-state index contributed by atoms with van der Waals surface area (Å²) in [6.45, 7) is 2.01. The number of primary amides is 1. The van der Waals surface area contributed by atoms with E-state index in [1.165, 1.54) is 0 Å². The largest absolute Gasteiger partial charge is 0.489 e. The van der Waals surface area contributed by atoms with Crippen molar-refractivity contribution in [3.8, 4) is 5.75 Å². The average molecular weight is 285 g/mol. The zero-order valence-corrected chi connectivity index (χ0v) is 12.0. The standard InChI is InChI=1S/C17H19NO3/c1-17(20,11-16(18)19)14-8-5-9-15(10-14)21-12-13-6-3-2-4-7-13/h2-10,20H,11-12H2,1H3,(H2,18,19). The van der Waals surface area contributed by atoms with Crippen LogP contribution in [0.2, 0.25) is 0 Å². The number of hydrogen-bond acceptors (Lipinski definition) is 3. The van der Waals surface area contributed by atoms with Gasteiger partial charge in [-0.1, -0.05) is 42.5 Å². The summed E-state index contributed by atoms with van der Waals surface area (Å²) in [5.74, 6) is 0.0942. The van der Waals surface area contributed by atoms with E-state index in [4.69, 9.17) is 10.5 Å². The zero-order valence-electron chi connectivity index (χ0n) is 12.0. The van der Waals surface area contributed by atoms with Crippen molar-refractivity contribution in [2.45, 2.75) is 25.6 Å². The van der Waals surface area contributed by atoms with Crippen molar-refractivity contribution in [2.24, 2.45) is 5.73 Å². The molecular weight excluding hydrogens is 266 g/mol. The smallest absolute Gasteiger partial charge is 0.220 e. The molecule has 4 heteroatoms. The van der Waals surface area contributed by atoms with E-state index >= 15 is 0 Å². The second-order valence-corrected chi connectivity index (χ2v) is 5.22. The Labute approximate surface area is 124 Å². The summed E-state index contributed by atoms with van der Waals surface area (Å²) in [5.41, 5.74) is 5.53. The van der Waals surface area contributed by atoms with Gasteiger partial charge in [0.2, 0.25) is 5.91 Å². The van der Waals surface area contributed by atoms with Gasteiger partial charge in [-0.25, -0.2) is 0 Å². The van der Waals surface area contributed by atoms with Crippen LogP contribution in [0.4, 0.5) is 0 Å². The molecule has 1 amide bonds. The first-order chi connectivity index (χ1) is 9.97. The number of hydrogen-bond donors (Lipinski definition) is 2. The summed E-state index contributed by atoms with van der Waals surface area (Å²) in [6.07, 6.45) is -0.130. The Morgan fingerprint density at radius 3 is 2.57 bits per heavy atom. The zero-order chi connectivity index (χ0) is 15.3. The van der Waals surface area contributed by atoms with Gasteiger partial charge in [0.1, 0.15) is 12.4 Å². The number of carbonyl (C=O) groups excluding carboxylic acids is 1. The van der Waals surface area contributed by atoms with Gasteiger partial charge in [-0.2, -0.15) is 0 Å². The average Bonchev–Trinajstić information content (AvgIpc) is 2.45. The number of ether oxygens (including phenoxy) is 1. The predicted octanol–water partition coefficient (Wildman–Crippen LogP) is 2.35. The van der Waals surface area contributed by atoms with E-state index in [-0.39, 0.29) is 6.42 Å². The first-order valence-corrected chi connectivity index (χ1v) is 6.75. The molecule has 1 atom stereocenters. The number of carbonyl (C=O) groups is 1. The lowest BCUT2D eigenvalue weighted by Crippen LogP contribution is -2.28. The van der Waals surface area contributed by atoms with Gasteiger partial charge in [0.15, 0.2) is 0 Å². The van der Waals surface area contributed by atoms with Gasteiger partial charge in [-0.15, -0.1) is 0 Å². The first-order valence-electron chi connectivity index (χ1n) is 6.75. The molecule has 0 fully saturated rings. The fourth-order valence-electron chi connectivity index (χ4n) is 2.10. The van der Waals surface area contributed by atoms with Crippen molar-refractivity contribution < 1.29 is 14.6 Å². The molecule has 0 bridgehead atoms. The Balaban J connectivity index is 2.09. The summed E-state index contributed by atoms with van der Waals surface area (Å²) in [5, 5.41) is 10.3. The van der Waals surface area contributed by atoms with Gasteiger partial charge in [0, 0.05) is 0 Å². The monoisotopic (exact) mass is 285 g/mol. The number of aliphatic hydroxyl groups is 1. The lowest BCUT2D eigenvalue weighted by atomic mass is 9.92. The fourth-order valence-corrected chi connectivity index (χ4v) is 2.10. The first kappa shape index (κ1) is 15.1. The highest BCUT2D eigenvalue weighted by molar-refractivity contribution is 5.75. The van der Waals surface area contributed by atoms with Gasteiger partial charge >= 0.3 is 0 Å². The molecule has 110 valence electrons. The molecule has 3 N–H and O–H groups in total. The van der Waals surface area contributed by atoms with E-state index in [9.17, 15) is 9.90 Å². The maximum absolute atomic E-state index is 11.0. The third-order valence-electron chi connectivity index (χ3n) is 3.22. The van der Waals surface area contributed by atoms with Gasteiger partial charge in [-0.3, -0.25) is 4.79 Å². The van der Waals surface area contributed by atoms with E-state index in [1.54, 1.807) is 25.1 Å². The summed E-state index contributed by atoms with van der Waals surface area (Å²) >= 11 is 0. The Kier molecular flexibility index (Phi) is 4.60. The third-order valence-corrected chi connectivity index (χ3v) is 3.22. The molecule has 0 saturated heterocycles. The van der Waals surface area contributed by atoms with Gasteiger partial charge in [-0.05, 0) is 30.2 Å². The van der Waals surface area contributed by atoms with Gasteiger partial charge in [0.05, 0.1) is 12.0 Å². The second-order valence-electron chi connectivity index (χ2n) is 5.22. The highest BCUT2D eigenvalue weighted by Crippen LogP contribution is 2.27. The van der Waals surface area contributed by atoms with Crippen LogP contribution < -0.4 is 10.5 Å². The molecule has 0 heterocycles. The molecule has 0 aliphatic heterocycles. The SMILES string of the molecule is CC(O)(CC(N)=O)c1cccc(OCc2ccccc2)c1. The van der Waals surface area contributed by atoms with Gasteiger partial charge < -0.3 is 15.6 Å². The minimum absolute atomic E-state index is 0.130. The molecule has 1 unspecified atom stereocenters. The molecule has 0 radical (unpaired) electrons. The maximum atomic E-state index is 11.0. The Morgan fingerprint density at radius 1 is 1.19 bits per heavy atom. The van der Waals surface area contributed by atoms with Crippen molar-refractivity contribution in [2.75, 3.05) is 0 Å². The van der Waals surface area contributed by atoms with Crippen LogP contribution in [-0.2, 0) is 17.0 Å². The minimum Gasteiger partial charge on any atom is -0.489 e. The maximum Gasteiger partial charge on any atom is 0.220 e. The summed E-state index contributed by atoms with van der Waals surface area (Å²) < 4.78 is 5.71. The molecule has 0 saturated carbocycles. The highest BCUT2D eigenvalue weighted by atomic mass is 16.5. The lowest BCUT2D eigenvalue weighted by Gasteiger charge is -2.22. The summed E-state index contributed by atoms with van der Waals surface area (Å²) in [7, 11) is 0. The van der Waals surface area contributed by atoms with Crippen molar-refractivity contribution in [3.63, 3.8) is 0 Å². The Hall–Kier alpha value is -2.33. The Bertz CT molecular complexity index is 608. The highest BCUT2D eigenvalue weighted by Gasteiger charge is 2.25. The fraction of sp³-hybridized carbons (Fsp3) is 0.235. The number of benzene rings is 2. The molecule has 4 nitrogen and oxygen atoms in total. The lowest BCUT2D eigenvalue weighted by molar-refractivity contribution is -0.122. The molecule has 2 aromatic carbocycles. The number of nitrogens with two attached hydrogens (primary N) is 1. The number of amides is 1. The van der Waals surface area contributed by atoms with Crippen LogP contribution in [0.1, 0.15) is 24.5 Å². The van der Waals surface area contributed by atoms with Crippen LogP contribution in [0.3, 0.4) is 0 Å². The normalized spacial score (nSPS) is 13.4. The number of rotatable bonds is 6. The molecule has 0 aromatic heterocycles. The van der Waals surface area contributed by atoms with Crippen LogP contribution in [-0.4, -0.2) is 11.0 Å². The van der Waals surface area contributed by atoms with E-state index in [0.29, 0.717) is 17.9 Å². The van der Waals surface area contributed by atoms with Crippen LogP contribution in [0.15, 0.2) is 54.6 Å². The van der Waals surface area contributed by atoms with Crippen molar-refractivity contribution in [1.29, 1.82) is 0 Å². The molecule has 21 heavy (non-hydrogen) atoms. The predicted molar refractivity (Wildman–Crippen MR) is 80.6 cm³/mol. The van der Waals surface area contributed by atoms with Crippen molar-refractivity contribution in [1.82, 2.24) is 0 Å². The van der Waals surface area contributed by atoms with Crippen molar-refractivity contribution in [3.05, 3.63) is 65.7 Å². The van der Waals surface area contributed by atoms with E-state index in [2.05, 4.69) is 0 Å². The summed E-state index contributed by atoms with van der Waals surface area (Å²) in [6, 6.07) is 16.9. The Morgan fingerprint density at radius 2 is 1.90 bits per heavy atom. The van der Waals surface area contributed by atoms with Crippen LogP contribution in [0.5, 0.6) is 5.75 Å². The summed E-state index contributed by atoms with van der Waals surface area (Å²) in [4.78, 5) is 11.0. The topological polar surface area (TPSA) is 72.5 Å². The van der Waals surface area contributed by atoms with E-state index in [0.717, 1.165) is 5.56 Å². The van der Waals surface area contributed by atoms with Gasteiger partial charge in [0.25, 0.3) is 0 Å². The second kappa shape index (κ2) is 6.41. The molecule has 0 aliphatic carbocycles. The van der Waals surface area contributed by atoms with E-state index < -0.39 is 11.5 Å². The molecule has 2 aromatic rings. The molecule has 0 aliphatic rings.